The molecule has 0 fully saturated rings. The zero-order valence-corrected chi connectivity index (χ0v) is 11.0. The molecule has 1 rings (SSSR count). The molecular weight excluding hydrogens is 208 g/mol. The van der Waals surface area contributed by atoms with E-state index in [1.807, 2.05) is 6.92 Å². The molecule has 0 amide bonds. The average molecular weight is 230 g/mol. The molecule has 0 aliphatic rings. The van der Waals surface area contributed by atoms with Gasteiger partial charge in [-0.25, -0.2) is 0 Å². The summed E-state index contributed by atoms with van der Waals surface area (Å²) >= 11 is 0. The van der Waals surface area contributed by atoms with Crippen LogP contribution in [0.5, 0.6) is 0 Å². The van der Waals surface area contributed by atoms with Gasteiger partial charge < -0.3 is 5.73 Å². The number of nitrogens with two attached hydrogens (primary N) is 1. The van der Waals surface area contributed by atoms with Gasteiger partial charge in [0.05, 0.1) is 12.0 Å². The van der Waals surface area contributed by atoms with Crippen LogP contribution < -0.4 is 5.73 Å². The summed E-state index contributed by atoms with van der Waals surface area (Å²) in [6.45, 7) is 6.41. The molecule has 2 N–H and O–H groups in total. The highest BCUT2D eigenvalue weighted by atomic mass is 14.6. The molecule has 2 nitrogen and oxygen atoms in total. The van der Waals surface area contributed by atoms with E-state index in [-0.39, 0.29) is 12.0 Å². The van der Waals surface area contributed by atoms with Gasteiger partial charge in [-0.3, -0.25) is 0 Å². The van der Waals surface area contributed by atoms with Gasteiger partial charge in [-0.2, -0.15) is 5.26 Å². The van der Waals surface area contributed by atoms with E-state index in [2.05, 4.69) is 44.2 Å². The smallest absolute Gasteiger partial charge is 0.0675 e. The second-order valence-corrected chi connectivity index (χ2v) is 4.65. The van der Waals surface area contributed by atoms with Crippen molar-refractivity contribution in [1.29, 1.82) is 5.26 Å². The standard InChI is InChI=1S/C15H22N2/c1-4-11(3)13-6-8-14(9-7-13)15(17)12(5-2)10-16/h6-9,11-12,15H,4-5,17H2,1-3H3. The summed E-state index contributed by atoms with van der Waals surface area (Å²) in [4.78, 5) is 0. The van der Waals surface area contributed by atoms with E-state index >= 15 is 0 Å². The van der Waals surface area contributed by atoms with Crippen molar-refractivity contribution in [1.82, 2.24) is 0 Å². The van der Waals surface area contributed by atoms with Gasteiger partial charge >= 0.3 is 0 Å². The van der Waals surface area contributed by atoms with Crippen molar-refractivity contribution in [3.63, 3.8) is 0 Å². The van der Waals surface area contributed by atoms with E-state index in [0.717, 1.165) is 18.4 Å². The van der Waals surface area contributed by atoms with E-state index in [1.165, 1.54) is 5.56 Å². The van der Waals surface area contributed by atoms with Gasteiger partial charge in [0.15, 0.2) is 0 Å². The van der Waals surface area contributed by atoms with Crippen LogP contribution in [-0.4, -0.2) is 0 Å². The molecule has 0 aromatic heterocycles. The van der Waals surface area contributed by atoms with Gasteiger partial charge in [-0.1, -0.05) is 45.0 Å². The highest BCUT2D eigenvalue weighted by molar-refractivity contribution is 5.28. The first kappa shape index (κ1) is 13.7. The van der Waals surface area contributed by atoms with Crippen molar-refractivity contribution in [2.24, 2.45) is 11.7 Å². The fourth-order valence-corrected chi connectivity index (χ4v) is 1.94. The minimum Gasteiger partial charge on any atom is -0.323 e. The number of nitrogens with zero attached hydrogens (tertiary/aromatic N) is 1. The molecule has 1 aromatic carbocycles. The van der Waals surface area contributed by atoms with Crippen LogP contribution in [0.25, 0.3) is 0 Å². The Labute approximate surface area is 104 Å². The second-order valence-electron chi connectivity index (χ2n) is 4.65. The van der Waals surface area contributed by atoms with Crippen molar-refractivity contribution in [2.75, 3.05) is 0 Å². The Morgan fingerprint density at radius 1 is 1.12 bits per heavy atom. The Kier molecular flexibility index (Phi) is 5.18. The molecule has 0 saturated heterocycles. The van der Waals surface area contributed by atoms with Gasteiger partial charge in [0.25, 0.3) is 0 Å². The maximum Gasteiger partial charge on any atom is 0.0675 e. The maximum absolute atomic E-state index is 9.01. The minimum atomic E-state index is -0.170. The lowest BCUT2D eigenvalue weighted by Crippen LogP contribution is -2.19. The quantitative estimate of drug-likeness (QED) is 0.837. The SMILES string of the molecule is CCC(C)c1ccc(C(N)C(C#N)CC)cc1. The maximum atomic E-state index is 9.01. The van der Waals surface area contributed by atoms with E-state index < -0.39 is 0 Å². The van der Waals surface area contributed by atoms with Crippen LogP contribution in [0, 0.1) is 17.2 Å². The highest BCUT2D eigenvalue weighted by Gasteiger charge is 2.17. The number of hydrogen-bond acceptors (Lipinski definition) is 2. The van der Waals surface area contributed by atoms with E-state index in [1.54, 1.807) is 0 Å². The first-order valence-corrected chi connectivity index (χ1v) is 6.39. The van der Waals surface area contributed by atoms with Crippen LogP contribution >= 0.6 is 0 Å². The Hall–Kier alpha value is -1.33. The summed E-state index contributed by atoms with van der Waals surface area (Å²) in [6, 6.07) is 10.5. The zero-order chi connectivity index (χ0) is 12.8. The van der Waals surface area contributed by atoms with Crippen LogP contribution in [0.1, 0.15) is 56.7 Å². The lowest BCUT2D eigenvalue weighted by molar-refractivity contribution is 0.517. The molecule has 0 aliphatic heterocycles. The molecule has 0 spiro atoms. The predicted octanol–water partition coefficient (Wildman–Crippen LogP) is 3.75. The topological polar surface area (TPSA) is 49.8 Å². The molecule has 17 heavy (non-hydrogen) atoms. The fraction of sp³-hybridized carbons (Fsp3) is 0.533. The van der Waals surface area contributed by atoms with Crippen LogP contribution in [0.3, 0.4) is 0 Å². The van der Waals surface area contributed by atoms with Crippen molar-refractivity contribution >= 4 is 0 Å². The van der Waals surface area contributed by atoms with Crippen molar-refractivity contribution in [3.05, 3.63) is 35.4 Å². The van der Waals surface area contributed by atoms with Gasteiger partial charge in [0.1, 0.15) is 0 Å². The molecule has 3 atom stereocenters. The van der Waals surface area contributed by atoms with Crippen molar-refractivity contribution in [3.8, 4) is 6.07 Å². The Morgan fingerprint density at radius 2 is 1.65 bits per heavy atom. The third-order valence-electron chi connectivity index (χ3n) is 3.54. The minimum absolute atomic E-state index is 0.0931. The van der Waals surface area contributed by atoms with Crippen LogP contribution in [-0.2, 0) is 0 Å². The zero-order valence-electron chi connectivity index (χ0n) is 11.0. The monoisotopic (exact) mass is 230 g/mol. The molecule has 3 unspecified atom stereocenters. The molecule has 0 heterocycles. The summed E-state index contributed by atoms with van der Waals surface area (Å²) in [6.07, 6.45) is 1.94. The number of benzene rings is 1. The van der Waals surface area contributed by atoms with Crippen LogP contribution in [0.15, 0.2) is 24.3 Å². The van der Waals surface area contributed by atoms with Gasteiger partial charge in [-0.05, 0) is 29.9 Å². The molecule has 2 heteroatoms. The largest absolute Gasteiger partial charge is 0.323 e. The Balaban J connectivity index is 2.84. The molecule has 92 valence electrons. The average Bonchev–Trinajstić information content (AvgIpc) is 2.39. The summed E-state index contributed by atoms with van der Waals surface area (Å²) in [5.41, 5.74) is 8.50. The lowest BCUT2D eigenvalue weighted by Gasteiger charge is -2.17. The van der Waals surface area contributed by atoms with Crippen LogP contribution in [0.2, 0.25) is 0 Å². The lowest BCUT2D eigenvalue weighted by atomic mass is 9.90. The number of hydrogen-bond donors (Lipinski definition) is 1. The third-order valence-corrected chi connectivity index (χ3v) is 3.54. The molecule has 0 radical (unpaired) electrons. The Bertz CT molecular complexity index is 375. The highest BCUT2D eigenvalue weighted by Crippen LogP contribution is 2.24. The number of rotatable bonds is 5. The van der Waals surface area contributed by atoms with Crippen molar-refractivity contribution in [2.45, 2.75) is 45.6 Å². The summed E-state index contributed by atoms with van der Waals surface area (Å²) < 4.78 is 0. The van der Waals surface area contributed by atoms with E-state index in [0.29, 0.717) is 5.92 Å². The van der Waals surface area contributed by atoms with Crippen LogP contribution in [0.4, 0.5) is 0 Å². The number of nitriles is 1. The molecule has 1 aromatic rings. The van der Waals surface area contributed by atoms with Gasteiger partial charge in [0.2, 0.25) is 0 Å². The summed E-state index contributed by atoms with van der Waals surface area (Å²) in [7, 11) is 0. The van der Waals surface area contributed by atoms with E-state index in [9.17, 15) is 0 Å². The molecular formula is C15H22N2. The molecule has 0 bridgehead atoms. The Morgan fingerprint density at radius 3 is 2.06 bits per heavy atom. The second kappa shape index (κ2) is 6.42. The summed E-state index contributed by atoms with van der Waals surface area (Å²) in [5.74, 6) is 0.489. The molecule has 0 saturated carbocycles. The predicted molar refractivity (Wildman–Crippen MR) is 71.5 cm³/mol. The van der Waals surface area contributed by atoms with Gasteiger partial charge in [0, 0.05) is 6.04 Å². The first-order valence-electron chi connectivity index (χ1n) is 6.39. The van der Waals surface area contributed by atoms with E-state index in [4.69, 9.17) is 11.0 Å². The fourth-order valence-electron chi connectivity index (χ4n) is 1.94. The van der Waals surface area contributed by atoms with Gasteiger partial charge in [-0.15, -0.1) is 0 Å². The summed E-state index contributed by atoms with van der Waals surface area (Å²) in [5, 5.41) is 9.01. The normalized spacial score (nSPS) is 15.9. The third kappa shape index (κ3) is 3.31. The first-order chi connectivity index (χ1) is 8.13. The van der Waals surface area contributed by atoms with Crippen molar-refractivity contribution < 1.29 is 0 Å². The molecule has 0 aliphatic carbocycles.